The van der Waals surface area contributed by atoms with E-state index in [0.29, 0.717) is 12.8 Å². The Morgan fingerprint density at radius 3 is 2.08 bits per heavy atom. The number of nitrogens with zero attached hydrogens (tertiary/aromatic N) is 1. The van der Waals surface area contributed by atoms with Gasteiger partial charge in [0.05, 0.1) is 25.3 Å². The van der Waals surface area contributed by atoms with Gasteiger partial charge in [0.15, 0.2) is 17.5 Å². The molecule has 5 nitrogen and oxygen atoms in total. The average Bonchev–Trinajstić information content (AvgIpc) is 3.25. The van der Waals surface area contributed by atoms with E-state index in [0.717, 1.165) is 34.4 Å². The zero-order valence-electron chi connectivity index (χ0n) is 20.5. The summed E-state index contributed by atoms with van der Waals surface area (Å²) < 4.78 is 52.6. The number of morpholine rings is 1. The van der Waals surface area contributed by atoms with E-state index in [9.17, 15) is 22.8 Å². The smallest absolute Gasteiger partial charge is 0.410 e. The monoisotopic (exact) mass is 521 g/mol. The van der Waals surface area contributed by atoms with Crippen molar-refractivity contribution < 1.29 is 32.2 Å². The van der Waals surface area contributed by atoms with Gasteiger partial charge in [0.1, 0.15) is 12.4 Å². The molecule has 8 heteroatoms. The molecule has 38 heavy (non-hydrogen) atoms. The minimum absolute atomic E-state index is 0.0624. The van der Waals surface area contributed by atoms with E-state index in [2.05, 4.69) is 24.3 Å². The van der Waals surface area contributed by atoms with E-state index in [-0.39, 0.29) is 55.6 Å². The van der Waals surface area contributed by atoms with Gasteiger partial charge in [-0.2, -0.15) is 0 Å². The van der Waals surface area contributed by atoms with Gasteiger partial charge >= 0.3 is 6.09 Å². The Kier molecular flexibility index (Phi) is 6.43. The van der Waals surface area contributed by atoms with E-state index in [1.807, 2.05) is 24.3 Å². The molecule has 0 saturated carbocycles. The first-order valence-electron chi connectivity index (χ1n) is 12.8. The molecule has 196 valence electrons. The van der Waals surface area contributed by atoms with Crippen LogP contribution in [0.4, 0.5) is 18.0 Å². The molecule has 2 aliphatic heterocycles. The third-order valence-electron chi connectivity index (χ3n) is 8.00. The molecule has 0 spiro atoms. The Balaban J connectivity index is 1.13. The summed E-state index contributed by atoms with van der Waals surface area (Å²) in [5.74, 6) is -4.98. The largest absolute Gasteiger partial charge is 0.448 e. The number of amides is 1. The van der Waals surface area contributed by atoms with Crippen LogP contribution in [-0.4, -0.2) is 48.7 Å². The number of carbonyl (C=O) groups is 2. The number of ether oxygens (including phenoxy) is 2. The predicted octanol–water partition coefficient (Wildman–Crippen LogP) is 5.64. The molecule has 2 atom stereocenters. The van der Waals surface area contributed by atoms with E-state index >= 15 is 0 Å². The molecular formula is C30H26F3NO4. The summed E-state index contributed by atoms with van der Waals surface area (Å²) in [7, 11) is 0. The number of hydrogen-bond donors (Lipinski definition) is 0. The highest BCUT2D eigenvalue weighted by atomic mass is 19.2. The molecule has 2 heterocycles. The Morgan fingerprint density at radius 1 is 0.842 bits per heavy atom. The molecule has 2 saturated heterocycles. The first-order chi connectivity index (χ1) is 18.4. The SMILES string of the molecule is O=C(Cc1ccc(F)c(F)c1F)C1CC2COCC(C1)N2C(=O)OCC1c2ccccc2-c2ccccc21. The van der Waals surface area contributed by atoms with Crippen LogP contribution in [0.5, 0.6) is 0 Å². The lowest BCUT2D eigenvalue weighted by molar-refractivity contribution is -0.130. The summed E-state index contributed by atoms with van der Waals surface area (Å²) in [5.41, 5.74) is 4.37. The van der Waals surface area contributed by atoms with Crippen LogP contribution in [-0.2, 0) is 20.7 Å². The minimum Gasteiger partial charge on any atom is -0.448 e. The topological polar surface area (TPSA) is 55.8 Å². The molecule has 0 radical (unpaired) electrons. The fraction of sp³-hybridized carbons (Fsp3) is 0.333. The number of halogens is 3. The molecule has 1 aliphatic carbocycles. The van der Waals surface area contributed by atoms with Gasteiger partial charge in [-0.25, -0.2) is 18.0 Å². The molecule has 1 amide bonds. The molecule has 3 aromatic rings. The quantitative estimate of drug-likeness (QED) is 0.408. The average molecular weight is 522 g/mol. The lowest BCUT2D eigenvalue weighted by Gasteiger charge is -2.47. The first-order valence-corrected chi connectivity index (χ1v) is 12.8. The Morgan fingerprint density at radius 2 is 1.45 bits per heavy atom. The summed E-state index contributed by atoms with van der Waals surface area (Å²) in [6.45, 7) is 0.732. The van der Waals surface area contributed by atoms with Gasteiger partial charge in [-0.3, -0.25) is 9.69 Å². The molecule has 6 rings (SSSR count). The predicted molar refractivity (Wildman–Crippen MR) is 133 cm³/mol. The van der Waals surface area contributed by atoms with Crippen molar-refractivity contribution in [2.75, 3.05) is 19.8 Å². The number of ketones is 1. The Bertz CT molecular complexity index is 1350. The fourth-order valence-corrected chi connectivity index (χ4v) is 6.18. The number of rotatable bonds is 5. The maximum atomic E-state index is 14.1. The molecule has 2 unspecified atom stereocenters. The van der Waals surface area contributed by atoms with E-state index in [4.69, 9.17) is 9.47 Å². The van der Waals surface area contributed by atoms with Crippen LogP contribution in [0.1, 0.15) is 35.4 Å². The van der Waals surface area contributed by atoms with Gasteiger partial charge in [-0.15, -0.1) is 0 Å². The van der Waals surface area contributed by atoms with Gasteiger partial charge in [0.25, 0.3) is 0 Å². The second-order valence-corrected chi connectivity index (χ2v) is 10.2. The maximum absolute atomic E-state index is 14.1. The number of Topliss-reactive ketones (excluding diaryl/α,β-unsaturated/α-hetero) is 1. The zero-order chi connectivity index (χ0) is 26.4. The highest BCUT2D eigenvalue weighted by Gasteiger charge is 2.44. The fourth-order valence-electron chi connectivity index (χ4n) is 6.18. The summed E-state index contributed by atoms with van der Waals surface area (Å²) in [6.07, 6.45) is -0.100. The standard InChI is InChI=1S/C30H26F3NO4/c31-26-10-9-17(28(32)29(26)33)13-27(35)18-11-19-14-37-15-20(12-18)34(19)30(36)38-16-25-23-7-3-1-5-21(23)22-6-2-4-8-24(22)25/h1-10,18-20,25H,11-16H2. The molecular weight excluding hydrogens is 495 g/mol. The minimum atomic E-state index is -1.58. The van der Waals surface area contributed by atoms with E-state index < -0.39 is 29.5 Å². The van der Waals surface area contributed by atoms with Gasteiger partial charge in [0.2, 0.25) is 0 Å². The highest BCUT2D eigenvalue weighted by Crippen LogP contribution is 2.44. The first kappa shape index (κ1) is 24.7. The molecule has 2 fully saturated rings. The van der Waals surface area contributed by atoms with Crippen molar-refractivity contribution in [3.05, 3.63) is 94.8 Å². The number of benzene rings is 3. The molecule has 0 N–H and O–H groups in total. The number of hydrogen-bond acceptors (Lipinski definition) is 4. The van der Waals surface area contributed by atoms with Crippen molar-refractivity contribution in [2.45, 2.75) is 37.3 Å². The second kappa shape index (κ2) is 9.91. The molecule has 2 bridgehead atoms. The van der Waals surface area contributed by atoms with Crippen LogP contribution in [0.25, 0.3) is 11.1 Å². The van der Waals surface area contributed by atoms with Crippen LogP contribution < -0.4 is 0 Å². The van der Waals surface area contributed by atoms with Crippen LogP contribution >= 0.6 is 0 Å². The molecule has 0 aromatic heterocycles. The van der Waals surface area contributed by atoms with Crippen LogP contribution in [0, 0.1) is 23.4 Å². The summed E-state index contributed by atoms with van der Waals surface area (Å²) >= 11 is 0. The van der Waals surface area contributed by atoms with Crippen LogP contribution in [0.15, 0.2) is 60.7 Å². The lowest BCUT2D eigenvalue weighted by atomic mass is 9.81. The third kappa shape index (κ3) is 4.26. The van der Waals surface area contributed by atoms with E-state index in [1.54, 1.807) is 4.90 Å². The van der Waals surface area contributed by atoms with E-state index in [1.165, 1.54) is 0 Å². The third-order valence-corrected chi connectivity index (χ3v) is 8.00. The number of fused-ring (bicyclic) bond motifs is 5. The van der Waals surface area contributed by atoms with Crippen LogP contribution in [0.2, 0.25) is 0 Å². The Labute approximate surface area is 218 Å². The van der Waals surface area contributed by atoms with Gasteiger partial charge in [-0.1, -0.05) is 54.6 Å². The van der Waals surface area contributed by atoms with Crippen molar-refractivity contribution in [1.82, 2.24) is 4.90 Å². The van der Waals surface area contributed by atoms with Crippen molar-refractivity contribution in [3.8, 4) is 11.1 Å². The second-order valence-electron chi connectivity index (χ2n) is 10.2. The van der Waals surface area contributed by atoms with Crippen LogP contribution in [0.3, 0.4) is 0 Å². The summed E-state index contributed by atoms with van der Waals surface area (Å²) in [6, 6.07) is 17.4. The van der Waals surface area contributed by atoms with Crippen molar-refractivity contribution in [3.63, 3.8) is 0 Å². The highest BCUT2D eigenvalue weighted by molar-refractivity contribution is 5.84. The summed E-state index contributed by atoms with van der Waals surface area (Å²) in [4.78, 5) is 28.0. The molecule has 3 aliphatic rings. The zero-order valence-corrected chi connectivity index (χ0v) is 20.5. The maximum Gasteiger partial charge on any atom is 0.410 e. The van der Waals surface area contributed by atoms with Gasteiger partial charge in [0, 0.05) is 18.3 Å². The number of piperidine rings is 1. The molecule has 3 aromatic carbocycles. The Hall–Kier alpha value is -3.65. The lowest BCUT2D eigenvalue weighted by Crippen LogP contribution is -2.60. The van der Waals surface area contributed by atoms with Crippen molar-refractivity contribution >= 4 is 11.9 Å². The number of carbonyl (C=O) groups excluding carboxylic acids is 2. The van der Waals surface area contributed by atoms with Gasteiger partial charge < -0.3 is 9.47 Å². The van der Waals surface area contributed by atoms with Crippen molar-refractivity contribution in [1.29, 1.82) is 0 Å². The van der Waals surface area contributed by atoms with Crippen molar-refractivity contribution in [2.24, 2.45) is 5.92 Å². The van der Waals surface area contributed by atoms with Gasteiger partial charge in [-0.05, 0) is 46.7 Å². The normalized spacial score (nSPS) is 22.1. The summed E-state index contributed by atoms with van der Waals surface area (Å²) in [5, 5.41) is 0.